The van der Waals surface area contributed by atoms with E-state index in [1.807, 2.05) is 0 Å². The molecule has 0 atom stereocenters. The molecule has 0 aromatic heterocycles. The van der Waals surface area contributed by atoms with Crippen molar-refractivity contribution in [3.8, 4) is 0 Å². The molecule has 0 spiro atoms. The second-order valence-electron chi connectivity index (χ2n) is 4.11. The third kappa shape index (κ3) is 2.79. The van der Waals surface area contributed by atoms with Crippen LogP contribution in [0.3, 0.4) is 0 Å². The summed E-state index contributed by atoms with van der Waals surface area (Å²) >= 11 is 0. The van der Waals surface area contributed by atoms with Crippen molar-refractivity contribution in [3.05, 3.63) is 29.8 Å². The molecule has 0 aliphatic carbocycles. The molecular formula is C12H14F2N2O. The van der Waals surface area contributed by atoms with Crippen LogP contribution in [0.4, 0.5) is 14.5 Å². The standard InChI is InChI=1S/C12H14F2N2O/c13-9-2-1-3-10(11(9)14)16-12(17)8-4-6-15-7-5-8/h1-3,8,15H,4-7H2,(H,16,17). The van der Waals surface area contributed by atoms with Gasteiger partial charge in [-0.25, -0.2) is 8.78 Å². The molecule has 92 valence electrons. The van der Waals surface area contributed by atoms with Gasteiger partial charge in [0.1, 0.15) is 0 Å². The average molecular weight is 240 g/mol. The number of amides is 1. The summed E-state index contributed by atoms with van der Waals surface area (Å²) in [6.07, 6.45) is 1.45. The van der Waals surface area contributed by atoms with Crippen LogP contribution in [0.1, 0.15) is 12.8 Å². The highest BCUT2D eigenvalue weighted by Crippen LogP contribution is 2.19. The van der Waals surface area contributed by atoms with Gasteiger partial charge < -0.3 is 10.6 Å². The maximum atomic E-state index is 13.3. The fourth-order valence-corrected chi connectivity index (χ4v) is 1.92. The number of rotatable bonds is 2. The van der Waals surface area contributed by atoms with Gasteiger partial charge in [-0.2, -0.15) is 0 Å². The van der Waals surface area contributed by atoms with Crippen LogP contribution in [0.25, 0.3) is 0 Å². The highest BCUT2D eigenvalue weighted by atomic mass is 19.2. The van der Waals surface area contributed by atoms with Gasteiger partial charge in [-0.15, -0.1) is 0 Å². The number of carbonyl (C=O) groups is 1. The molecule has 0 radical (unpaired) electrons. The number of hydrogen-bond acceptors (Lipinski definition) is 2. The summed E-state index contributed by atoms with van der Waals surface area (Å²) in [5.41, 5.74) is -0.0893. The van der Waals surface area contributed by atoms with Gasteiger partial charge in [-0.1, -0.05) is 6.07 Å². The van der Waals surface area contributed by atoms with E-state index in [0.29, 0.717) is 0 Å². The fraction of sp³-hybridized carbons (Fsp3) is 0.417. The predicted molar refractivity (Wildman–Crippen MR) is 60.6 cm³/mol. The van der Waals surface area contributed by atoms with Crippen molar-refractivity contribution in [1.29, 1.82) is 0 Å². The Morgan fingerprint density at radius 3 is 2.71 bits per heavy atom. The minimum atomic E-state index is -1.00. The molecule has 3 nitrogen and oxygen atoms in total. The fourth-order valence-electron chi connectivity index (χ4n) is 1.92. The molecule has 1 aromatic rings. The highest BCUT2D eigenvalue weighted by molar-refractivity contribution is 5.92. The van der Waals surface area contributed by atoms with Crippen LogP contribution in [-0.4, -0.2) is 19.0 Å². The third-order valence-electron chi connectivity index (χ3n) is 2.92. The Bertz CT molecular complexity index is 417. The van der Waals surface area contributed by atoms with Crippen molar-refractivity contribution in [3.63, 3.8) is 0 Å². The van der Waals surface area contributed by atoms with E-state index >= 15 is 0 Å². The molecule has 1 aliphatic rings. The number of carbonyl (C=O) groups excluding carboxylic acids is 1. The van der Waals surface area contributed by atoms with Gasteiger partial charge in [0.25, 0.3) is 0 Å². The van der Waals surface area contributed by atoms with Crippen molar-refractivity contribution in [2.45, 2.75) is 12.8 Å². The Labute approximate surface area is 98.2 Å². The molecule has 2 N–H and O–H groups in total. The topological polar surface area (TPSA) is 41.1 Å². The largest absolute Gasteiger partial charge is 0.323 e. The predicted octanol–water partition coefficient (Wildman–Crippen LogP) is 1.90. The lowest BCUT2D eigenvalue weighted by atomic mass is 9.97. The zero-order valence-corrected chi connectivity index (χ0v) is 9.30. The molecule has 1 aliphatic heterocycles. The normalized spacial score (nSPS) is 16.8. The van der Waals surface area contributed by atoms with Gasteiger partial charge in [0.05, 0.1) is 5.69 Å². The molecular weight excluding hydrogens is 226 g/mol. The Hall–Kier alpha value is -1.49. The number of benzene rings is 1. The summed E-state index contributed by atoms with van der Waals surface area (Å²) in [4.78, 5) is 11.8. The number of piperidine rings is 1. The van der Waals surface area contributed by atoms with Gasteiger partial charge in [0, 0.05) is 5.92 Å². The van der Waals surface area contributed by atoms with Gasteiger partial charge >= 0.3 is 0 Å². The highest BCUT2D eigenvalue weighted by Gasteiger charge is 2.22. The summed E-state index contributed by atoms with van der Waals surface area (Å²) in [6.45, 7) is 1.56. The third-order valence-corrected chi connectivity index (χ3v) is 2.92. The first-order valence-corrected chi connectivity index (χ1v) is 5.64. The molecule has 17 heavy (non-hydrogen) atoms. The number of hydrogen-bond donors (Lipinski definition) is 2. The zero-order valence-electron chi connectivity index (χ0n) is 9.30. The maximum absolute atomic E-state index is 13.3. The lowest BCUT2D eigenvalue weighted by Gasteiger charge is -2.21. The molecule has 0 unspecified atom stereocenters. The van der Waals surface area contributed by atoms with Crippen LogP contribution in [0, 0.1) is 17.6 Å². The van der Waals surface area contributed by atoms with E-state index in [0.717, 1.165) is 32.0 Å². The van der Waals surface area contributed by atoms with E-state index in [9.17, 15) is 13.6 Å². The van der Waals surface area contributed by atoms with Crippen molar-refractivity contribution >= 4 is 11.6 Å². The monoisotopic (exact) mass is 240 g/mol. The van der Waals surface area contributed by atoms with Gasteiger partial charge in [0.2, 0.25) is 5.91 Å². The maximum Gasteiger partial charge on any atom is 0.227 e. The summed E-state index contributed by atoms with van der Waals surface area (Å²) in [7, 11) is 0. The van der Waals surface area contributed by atoms with Crippen LogP contribution in [0.5, 0.6) is 0 Å². The van der Waals surface area contributed by atoms with Crippen molar-refractivity contribution in [2.75, 3.05) is 18.4 Å². The molecule has 1 amide bonds. The van der Waals surface area contributed by atoms with Crippen molar-refractivity contribution in [1.82, 2.24) is 5.32 Å². The molecule has 1 heterocycles. The molecule has 2 rings (SSSR count). The molecule has 1 aromatic carbocycles. The molecule has 1 fully saturated rings. The number of nitrogens with one attached hydrogen (secondary N) is 2. The smallest absolute Gasteiger partial charge is 0.227 e. The Balaban J connectivity index is 2.04. The van der Waals surface area contributed by atoms with E-state index in [1.54, 1.807) is 0 Å². The summed E-state index contributed by atoms with van der Waals surface area (Å²) in [5, 5.41) is 5.58. The first-order valence-electron chi connectivity index (χ1n) is 5.64. The summed E-state index contributed by atoms with van der Waals surface area (Å²) in [5.74, 6) is -2.32. The second kappa shape index (κ2) is 5.23. The van der Waals surface area contributed by atoms with Gasteiger partial charge in [0.15, 0.2) is 11.6 Å². The Morgan fingerprint density at radius 1 is 1.29 bits per heavy atom. The quantitative estimate of drug-likeness (QED) is 0.829. The van der Waals surface area contributed by atoms with Crippen LogP contribution in [0.2, 0.25) is 0 Å². The Morgan fingerprint density at radius 2 is 2.00 bits per heavy atom. The lowest BCUT2D eigenvalue weighted by Crippen LogP contribution is -2.34. The van der Waals surface area contributed by atoms with E-state index in [1.165, 1.54) is 12.1 Å². The minimum Gasteiger partial charge on any atom is -0.323 e. The summed E-state index contributed by atoms with van der Waals surface area (Å²) < 4.78 is 26.3. The van der Waals surface area contributed by atoms with Crippen LogP contribution < -0.4 is 10.6 Å². The van der Waals surface area contributed by atoms with Gasteiger partial charge in [-0.3, -0.25) is 4.79 Å². The van der Waals surface area contributed by atoms with Crippen molar-refractivity contribution in [2.24, 2.45) is 5.92 Å². The molecule has 0 bridgehead atoms. The summed E-state index contributed by atoms with van der Waals surface area (Å²) in [6, 6.07) is 3.75. The van der Waals surface area contributed by atoms with E-state index < -0.39 is 11.6 Å². The lowest BCUT2D eigenvalue weighted by molar-refractivity contribution is -0.120. The SMILES string of the molecule is O=C(Nc1cccc(F)c1F)C1CCNCC1. The van der Waals surface area contributed by atoms with E-state index in [4.69, 9.17) is 0 Å². The van der Waals surface area contributed by atoms with Crippen LogP contribution in [0.15, 0.2) is 18.2 Å². The minimum absolute atomic E-state index is 0.0893. The zero-order chi connectivity index (χ0) is 12.3. The van der Waals surface area contributed by atoms with E-state index in [-0.39, 0.29) is 17.5 Å². The molecule has 5 heteroatoms. The first-order chi connectivity index (χ1) is 8.18. The van der Waals surface area contributed by atoms with Gasteiger partial charge in [-0.05, 0) is 38.1 Å². The van der Waals surface area contributed by atoms with Crippen LogP contribution >= 0.6 is 0 Å². The van der Waals surface area contributed by atoms with Crippen molar-refractivity contribution < 1.29 is 13.6 Å². The van der Waals surface area contributed by atoms with Crippen LogP contribution in [-0.2, 0) is 4.79 Å². The second-order valence-corrected chi connectivity index (χ2v) is 4.11. The molecule has 1 saturated heterocycles. The molecule has 0 saturated carbocycles. The van der Waals surface area contributed by atoms with E-state index in [2.05, 4.69) is 10.6 Å². The number of halogens is 2. The average Bonchev–Trinajstić information content (AvgIpc) is 2.36. The Kier molecular flexibility index (Phi) is 3.68. The first kappa shape index (κ1) is 12.0. The number of anilines is 1.